The van der Waals surface area contributed by atoms with Crippen LogP contribution in [0, 0.1) is 0 Å². The van der Waals surface area contributed by atoms with E-state index in [1.807, 2.05) is 18.2 Å². The van der Waals surface area contributed by atoms with E-state index >= 15 is 0 Å². The van der Waals surface area contributed by atoms with Crippen molar-refractivity contribution in [2.45, 2.75) is 18.9 Å². The molecule has 0 spiro atoms. The Morgan fingerprint density at radius 1 is 0.864 bits per heavy atom. The zero-order valence-corrected chi connectivity index (χ0v) is 12.2. The first kappa shape index (κ1) is 14.5. The fourth-order valence-electron chi connectivity index (χ4n) is 2.73. The molecule has 1 heterocycles. The average molecular weight is 294 g/mol. The molecule has 4 nitrogen and oxygen atoms in total. The number of fused-ring (bicyclic) bond motifs is 1. The standard InChI is InChI=1S/C18H18N2O2/c19-14(11-10-13-6-2-1-3-7-13)12-20-17(21)15-8-4-5-9-16(15)18(20)22/h1-9,14H,10-12,19H2. The number of aryl methyl sites for hydroxylation is 1. The molecule has 2 aromatic rings. The SMILES string of the molecule is NC(CCc1ccccc1)CN1C(=O)c2ccccc2C1=O. The summed E-state index contributed by atoms with van der Waals surface area (Å²) in [5.74, 6) is -0.480. The van der Waals surface area contributed by atoms with Gasteiger partial charge < -0.3 is 5.73 Å². The molecule has 3 rings (SSSR count). The van der Waals surface area contributed by atoms with Crippen LogP contribution in [0.3, 0.4) is 0 Å². The number of hydrogen-bond donors (Lipinski definition) is 1. The maximum Gasteiger partial charge on any atom is 0.261 e. The quantitative estimate of drug-likeness (QED) is 0.860. The highest BCUT2D eigenvalue weighted by Gasteiger charge is 2.35. The Kier molecular flexibility index (Phi) is 4.02. The Morgan fingerprint density at radius 3 is 2.00 bits per heavy atom. The van der Waals surface area contributed by atoms with Crippen molar-refractivity contribution in [2.24, 2.45) is 5.73 Å². The van der Waals surface area contributed by atoms with E-state index in [0.717, 1.165) is 12.8 Å². The van der Waals surface area contributed by atoms with Gasteiger partial charge in [0.15, 0.2) is 0 Å². The lowest BCUT2D eigenvalue weighted by Gasteiger charge is -2.19. The van der Waals surface area contributed by atoms with E-state index in [-0.39, 0.29) is 24.4 Å². The Labute approximate surface area is 129 Å². The van der Waals surface area contributed by atoms with Crippen molar-refractivity contribution in [2.75, 3.05) is 6.54 Å². The minimum absolute atomic E-state index is 0.220. The highest BCUT2D eigenvalue weighted by atomic mass is 16.2. The molecule has 1 aliphatic heterocycles. The predicted molar refractivity (Wildman–Crippen MR) is 84.5 cm³/mol. The number of hydrogen-bond acceptors (Lipinski definition) is 3. The first-order valence-electron chi connectivity index (χ1n) is 7.41. The summed E-state index contributed by atoms with van der Waals surface area (Å²) < 4.78 is 0. The summed E-state index contributed by atoms with van der Waals surface area (Å²) in [6.45, 7) is 0.263. The molecule has 0 radical (unpaired) electrons. The fourth-order valence-corrected chi connectivity index (χ4v) is 2.73. The Hall–Kier alpha value is -2.46. The number of nitrogens with zero attached hydrogens (tertiary/aromatic N) is 1. The van der Waals surface area contributed by atoms with Crippen LogP contribution in [0.1, 0.15) is 32.7 Å². The van der Waals surface area contributed by atoms with Crippen LogP contribution < -0.4 is 5.73 Å². The third-order valence-corrected chi connectivity index (χ3v) is 3.94. The molecular formula is C18H18N2O2. The molecule has 22 heavy (non-hydrogen) atoms. The van der Waals surface area contributed by atoms with Crippen LogP contribution in [0.4, 0.5) is 0 Å². The molecule has 4 heteroatoms. The fraction of sp³-hybridized carbons (Fsp3) is 0.222. The summed E-state index contributed by atoms with van der Waals surface area (Å²) in [6.07, 6.45) is 1.57. The van der Waals surface area contributed by atoms with Gasteiger partial charge in [-0.2, -0.15) is 0 Å². The van der Waals surface area contributed by atoms with Crippen LogP contribution in [0.15, 0.2) is 54.6 Å². The molecule has 0 fully saturated rings. The van der Waals surface area contributed by atoms with Crippen LogP contribution in [0.5, 0.6) is 0 Å². The highest BCUT2D eigenvalue weighted by molar-refractivity contribution is 6.21. The third kappa shape index (κ3) is 2.78. The minimum atomic E-state index is -0.240. The number of nitrogens with two attached hydrogens (primary N) is 1. The third-order valence-electron chi connectivity index (χ3n) is 3.94. The largest absolute Gasteiger partial charge is 0.326 e. The predicted octanol–water partition coefficient (Wildman–Crippen LogP) is 2.24. The smallest absolute Gasteiger partial charge is 0.261 e. The van der Waals surface area contributed by atoms with Crippen molar-refractivity contribution in [1.82, 2.24) is 4.90 Å². The number of carbonyl (C=O) groups is 2. The Bertz CT molecular complexity index is 662. The van der Waals surface area contributed by atoms with Crippen molar-refractivity contribution in [3.05, 3.63) is 71.3 Å². The molecule has 0 saturated carbocycles. The van der Waals surface area contributed by atoms with Crippen molar-refractivity contribution in [3.63, 3.8) is 0 Å². The van der Waals surface area contributed by atoms with Gasteiger partial charge in [0.05, 0.1) is 11.1 Å². The minimum Gasteiger partial charge on any atom is -0.326 e. The zero-order valence-electron chi connectivity index (χ0n) is 12.2. The summed E-state index contributed by atoms with van der Waals surface area (Å²) in [4.78, 5) is 25.8. The molecule has 0 bridgehead atoms. The van der Waals surface area contributed by atoms with Crippen molar-refractivity contribution in [3.8, 4) is 0 Å². The lowest BCUT2D eigenvalue weighted by molar-refractivity contribution is 0.0643. The van der Waals surface area contributed by atoms with Crippen LogP contribution in [0.2, 0.25) is 0 Å². The van der Waals surface area contributed by atoms with Gasteiger partial charge in [0, 0.05) is 12.6 Å². The van der Waals surface area contributed by atoms with E-state index < -0.39 is 0 Å². The lowest BCUT2D eigenvalue weighted by atomic mass is 10.1. The lowest BCUT2D eigenvalue weighted by Crippen LogP contribution is -2.41. The van der Waals surface area contributed by atoms with Crippen molar-refractivity contribution in [1.29, 1.82) is 0 Å². The number of benzene rings is 2. The Balaban J connectivity index is 1.62. The van der Waals surface area contributed by atoms with Crippen LogP contribution in [-0.4, -0.2) is 29.3 Å². The molecule has 1 atom stereocenters. The maximum atomic E-state index is 12.3. The van der Waals surface area contributed by atoms with E-state index in [9.17, 15) is 9.59 Å². The second-order valence-corrected chi connectivity index (χ2v) is 5.55. The molecule has 2 N–H and O–H groups in total. The number of imide groups is 1. The zero-order chi connectivity index (χ0) is 15.5. The van der Waals surface area contributed by atoms with Gasteiger partial charge in [-0.05, 0) is 30.5 Å². The first-order valence-corrected chi connectivity index (χ1v) is 7.41. The highest BCUT2D eigenvalue weighted by Crippen LogP contribution is 2.22. The van der Waals surface area contributed by atoms with Gasteiger partial charge in [0.2, 0.25) is 0 Å². The number of amides is 2. The maximum absolute atomic E-state index is 12.3. The second kappa shape index (κ2) is 6.12. The molecular weight excluding hydrogens is 276 g/mol. The normalized spacial score (nSPS) is 15.0. The van der Waals surface area contributed by atoms with E-state index in [4.69, 9.17) is 5.73 Å². The first-order chi connectivity index (χ1) is 10.7. The van der Waals surface area contributed by atoms with Gasteiger partial charge in [-0.15, -0.1) is 0 Å². The Morgan fingerprint density at radius 2 is 1.41 bits per heavy atom. The number of rotatable bonds is 5. The van der Waals surface area contributed by atoms with Gasteiger partial charge in [-0.25, -0.2) is 0 Å². The summed E-state index contributed by atoms with van der Waals surface area (Å²) >= 11 is 0. The summed E-state index contributed by atoms with van der Waals surface area (Å²) in [7, 11) is 0. The van der Waals surface area contributed by atoms with Gasteiger partial charge in [0.1, 0.15) is 0 Å². The second-order valence-electron chi connectivity index (χ2n) is 5.55. The van der Waals surface area contributed by atoms with Gasteiger partial charge in [-0.3, -0.25) is 14.5 Å². The molecule has 2 aromatic carbocycles. The summed E-state index contributed by atoms with van der Waals surface area (Å²) in [5.41, 5.74) is 8.27. The van der Waals surface area contributed by atoms with Crippen LogP contribution >= 0.6 is 0 Å². The molecule has 1 aliphatic rings. The molecule has 112 valence electrons. The summed E-state index contributed by atoms with van der Waals surface area (Å²) in [5, 5.41) is 0. The van der Waals surface area contributed by atoms with Gasteiger partial charge in [-0.1, -0.05) is 42.5 Å². The van der Waals surface area contributed by atoms with Crippen molar-refractivity contribution >= 4 is 11.8 Å². The monoisotopic (exact) mass is 294 g/mol. The van der Waals surface area contributed by atoms with E-state index in [1.165, 1.54) is 10.5 Å². The van der Waals surface area contributed by atoms with Gasteiger partial charge in [0.25, 0.3) is 11.8 Å². The molecule has 2 amide bonds. The van der Waals surface area contributed by atoms with Crippen LogP contribution in [0.25, 0.3) is 0 Å². The molecule has 0 aliphatic carbocycles. The average Bonchev–Trinajstić information content (AvgIpc) is 2.79. The molecule has 0 aromatic heterocycles. The van der Waals surface area contributed by atoms with E-state index in [2.05, 4.69) is 12.1 Å². The summed E-state index contributed by atoms with van der Waals surface area (Å²) in [6, 6.07) is 16.7. The van der Waals surface area contributed by atoms with Crippen LogP contribution in [-0.2, 0) is 6.42 Å². The van der Waals surface area contributed by atoms with E-state index in [0.29, 0.717) is 11.1 Å². The topological polar surface area (TPSA) is 63.4 Å². The van der Waals surface area contributed by atoms with Gasteiger partial charge >= 0.3 is 0 Å². The molecule has 1 unspecified atom stereocenters. The van der Waals surface area contributed by atoms with E-state index in [1.54, 1.807) is 24.3 Å². The number of carbonyl (C=O) groups excluding carboxylic acids is 2. The van der Waals surface area contributed by atoms with Crippen molar-refractivity contribution < 1.29 is 9.59 Å². The molecule has 0 saturated heterocycles.